The highest BCUT2D eigenvalue weighted by Crippen LogP contribution is 2.34. The average molecular weight is 260 g/mol. The molecule has 0 saturated heterocycles. The lowest BCUT2D eigenvalue weighted by atomic mass is 10.0. The molecule has 1 heterocycles. The molecule has 1 amide bonds. The lowest BCUT2D eigenvalue weighted by Gasteiger charge is -2.35. The van der Waals surface area contributed by atoms with Gasteiger partial charge >= 0.3 is 0 Å². The van der Waals surface area contributed by atoms with Gasteiger partial charge in [-0.3, -0.25) is 4.79 Å². The first-order valence-corrected chi connectivity index (χ1v) is 7.27. The third-order valence-electron chi connectivity index (χ3n) is 3.94. The summed E-state index contributed by atoms with van der Waals surface area (Å²) in [6, 6.07) is 4.22. The number of rotatable bonds is 4. The average Bonchev–Trinajstić information content (AvgIpc) is 2.39. The van der Waals surface area contributed by atoms with Gasteiger partial charge in [-0.05, 0) is 49.9 Å². The molecule has 3 nitrogen and oxygen atoms in total. The van der Waals surface area contributed by atoms with E-state index in [-0.39, 0.29) is 11.9 Å². The van der Waals surface area contributed by atoms with Crippen LogP contribution in [0.1, 0.15) is 44.2 Å². The van der Waals surface area contributed by atoms with Crippen molar-refractivity contribution >= 4 is 17.3 Å². The van der Waals surface area contributed by atoms with E-state index >= 15 is 0 Å². The maximum atomic E-state index is 12.5. The van der Waals surface area contributed by atoms with Gasteiger partial charge in [0.05, 0.1) is 11.4 Å². The standard InChI is InChI=1S/C16H24N2O/c1-5-7-8-18-15-10-12(4)11(3)9-14(15)17-13(6-2)16(18)19/h9-10,13,17H,5-8H2,1-4H3. The maximum absolute atomic E-state index is 12.5. The Hall–Kier alpha value is -1.51. The minimum atomic E-state index is -0.0773. The smallest absolute Gasteiger partial charge is 0.249 e. The van der Waals surface area contributed by atoms with Gasteiger partial charge in [0, 0.05) is 6.54 Å². The number of benzene rings is 1. The Balaban J connectivity index is 2.42. The van der Waals surface area contributed by atoms with Crippen LogP contribution in [0, 0.1) is 13.8 Å². The summed E-state index contributed by atoms with van der Waals surface area (Å²) in [5.74, 6) is 0.215. The van der Waals surface area contributed by atoms with E-state index in [9.17, 15) is 4.79 Å². The van der Waals surface area contributed by atoms with Gasteiger partial charge in [0.15, 0.2) is 0 Å². The molecule has 0 aliphatic carbocycles. The predicted molar refractivity (Wildman–Crippen MR) is 80.9 cm³/mol. The largest absolute Gasteiger partial charge is 0.372 e. The molecule has 0 spiro atoms. The summed E-state index contributed by atoms with van der Waals surface area (Å²) < 4.78 is 0. The zero-order valence-corrected chi connectivity index (χ0v) is 12.4. The van der Waals surface area contributed by atoms with Gasteiger partial charge in [-0.15, -0.1) is 0 Å². The van der Waals surface area contributed by atoms with Crippen molar-refractivity contribution in [1.29, 1.82) is 0 Å². The first kappa shape index (κ1) is 13.9. The number of aryl methyl sites for hydroxylation is 2. The highest BCUT2D eigenvalue weighted by atomic mass is 16.2. The fraction of sp³-hybridized carbons (Fsp3) is 0.562. The van der Waals surface area contributed by atoms with Crippen LogP contribution in [-0.2, 0) is 4.79 Å². The number of nitrogens with one attached hydrogen (secondary N) is 1. The number of fused-ring (bicyclic) bond motifs is 1. The molecule has 1 aliphatic heterocycles. The Labute approximate surface area is 116 Å². The molecule has 104 valence electrons. The Kier molecular flexibility index (Phi) is 4.13. The SMILES string of the molecule is CCCCN1C(=O)C(CC)Nc2cc(C)c(C)cc21. The normalized spacial score (nSPS) is 18.2. The van der Waals surface area contributed by atoms with E-state index in [1.165, 1.54) is 11.1 Å². The van der Waals surface area contributed by atoms with E-state index in [1.807, 2.05) is 4.90 Å². The second-order valence-electron chi connectivity index (χ2n) is 5.40. The molecule has 2 rings (SSSR count). The molecule has 1 aromatic rings. The van der Waals surface area contributed by atoms with E-state index in [0.717, 1.165) is 37.2 Å². The lowest BCUT2D eigenvalue weighted by Crippen LogP contribution is -2.47. The third kappa shape index (κ3) is 2.60. The Morgan fingerprint density at radius 3 is 2.53 bits per heavy atom. The topological polar surface area (TPSA) is 32.3 Å². The zero-order valence-electron chi connectivity index (χ0n) is 12.4. The fourth-order valence-corrected chi connectivity index (χ4v) is 2.52. The molecule has 3 heteroatoms. The molecule has 0 saturated carbocycles. The molecule has 1 unspecified atom stereocenters. The second kappa shape index (κ2) is 5.64. The third-order valence-corrected chi connectivity index (χ3v) is 3.94. The summed E-state index contributed by atoms with van der Waals surface area (Å²) in [6.07, 6.45) is 2.98. The van der Waals surface area contributed by atoms with Crippen molar-refractivity contribution in [2.24, 2.45) is 0 Å². The van der Waals surface area contributed by atoms with E-state index in [0.29, 0.717) is 0 Å². The number of anilines is 2. The van der Waals surface area contributed by atoms with Crippen molar-refractivity contribution in [3.05, 3.63) is 23.3 Å². The van der Waals surface area contributed by atoms with Crippen molar-refractivity contribution in [3.63, 3.8) is 0 Å². The van der Waals surface area contributed by atoms with Gasteiger partial charge in [0.2, 0.25) is 5.91 Å². The van der Waals surface area contributed by atoms with Crippen molar-refractivity contribution in [2.75, 3.05) is 16.8 Å². The molecule has 0 aromatic heterocycles. The van der Waals surface area contributed by atoms with Gasteiger partial charge in [0.25, 0.3) is 0 Å². The highest BCUT2D eigenvalue weighted by Gasteiger charge is 2.31. The van der Waals surface area contributed by atoms with Gasteiger partial charge in [-0.2, -0.15) is 0 Å². The van der Waals surface area contributed by atoms with Crippen LogP contribution in [0.3, 0.4) is 0 Å². The summed E-state index contributed by atoms with van der Waals surface area (Å²) >= 11 is 0. The number of amides is 1. The molecule has 1 aliphatic rings. The molecule has 0 radical (unpaired) electrons. The van der Waals surface area contributed by atoms with Gasteiger partial charge in [-0.25, -0.2) is 0 Å². The number of hydrogen-bond acceptors (Lipinski definition) is 2. The van der Waals surface area contributed by atoms with E-state index in [2.05, 4.69) is 45.1 Å². The van der Waals surface area contributed by atoms with Crippen LogP contribution >= 0.6 is 0 Å². The number of carbonyl (C=O) groups is 1. The monoisotopic (exact) mass is 260 g/mol. The van der Waals surface area contributed by atoms with Gasteiger partial charge in [-0.1, -0.05) is 20.3 Å². The van der Waals surface area contributed by atoms with E-state index < -0.39 is 0 Å². The molecular formula is C16H24N2O. The van der Waals surface area contributed by atoms with Crippen molar-refractivity contribution < 1.29 is 4.79 Å². The Morgan fingerprint density at radius 2 is 1.89 bits per heavy atom. The summed E-state index contributed by atoms with van der Waals surface area (Å²) in [7, 11) is 0. The summed E-state index contributed by atoms with van der Waals surface area (Å²) in [5.41, 5.74) is 4.66. The minimum Gasteiger partial charge on any atom is -0.372 e. The lowest BCUT2D eigenvalue weighted by molar-refractivity contribution is -0.119. The molecule has 0 fully saturated rings. The Morgan fingerprint density at radius 1 is 1.21 bits per heavy atom. The fourth-order valence-electron chi connectivity index (χ4n) is 2.52. The zero-order chi connectivity index (χ0) is 14.0. The maximum Gasteiger partial charge on any atom is 0.249 e. The molecule has 1 N–H and O–H groups in total. The van der Waals surface area contributed by atoms with Crippen LogP contribution in [0.15, 0.2) is 12.1 Å². The van der Waals surface area contributed by atoms with E-state index in [4.69, 9.17) is 0 Å². The van der Waals surface area contributed by atoms with Crippen LogP contribution in [-0.4, -0.2) is 18.5 Å². The molecule has 1 aromatic carbocycles. The number of unbranched alkanes of at least 4 members (excludes halogenated alkanes) is 1. The van der Waals surface area contributed by atoms with Gasteiger partial charge < -0.3 is 10.2 Å². The molecular weight excluding hydrogens is 236 g/mol. The van der Waals surface area contributed by atoms with Crippen LogP contribution in [0.25, 0.3) is 0 Å². The Bertz CT molecular complexity index is 482. The summed E-state index contributed by atoms with van der Waals surface area (Å²) in [6.45, 7) is 9.25. The van der Waals surface area contributed by atoms with Crippen LogP contribution in [0.5, 0.6) is 0 Å². The highest BCUT2D eigenvalue weighted by molar-refractivity contribution is 6.05. The second-order valence-corrected chi connectivity index (χ2v) is 5.40. The van der Waals surface area contributed by atoms with Crippen molar-refractivity contribution in [1.82, 2.24) is 0 Å². The van der Waals surface area contributed by atoms with Crippen LogP contribution < -0.4 is 10.2 Å². The molecule has 19 heavy (non-hydrogen) atoms. The minimum absolute atomic E-state index is 0.0773. The summed E-state index contributed by atoms with van der Waals surface area (Å²) in [4.78, 5) is 14.5. The quantitative estimate of drug-likeness (QED) is 0.896. The first-order chi connectivity index (χ1) is 9.08. The summed E-state index contributed by atoms with van der Waals surface area (Å²) in [5, 5.41) is 3.38. The predicted octanol–water partition coefficient (Wildman–Crippen LogP) is 3.64. The van der Waals surface area contributed by atoms with Crippen molar-refractivity contribution in [3.8, 4) is 0 Å². The van der Waals surface area contributed by atoms with Crippen LogP contribution in [0.4, 0.5) is 11.4 Å². The first-order valence-electron chi connectivity index (χ1n) is 7.27. The van der Waals surface area contributed by atoms with Gasteiger partial charge in [0.1, 0.15) is 6.04 Å². The number of hydrogen-bond donors (Lipinski definition) is 1. The van der Waals surface area contributed by atoms with Crippen LogP contribution in [0.2, 0.25) is 0 Å². The van der Waals surface area contributed by atoms with Crippen molar-refractivity contribution in [2.45, 2.75) is 53.0 Å². The molecule has 0 bridgehead atoms. The molecule has 1 atom stereocenters. The van der Waals surface area contributed by atoms with E-state index in [1.54, 1.807) is 0 Å². The number of carbonyl (C=O) groups excluding carboxylic acids is 1. The number of nitrogens with zero attached hydrogens (tertiary/aromatic N) is 1.